The van der Waals surface area contributed by atoms with Gasteiger partial charge in [-0.2, -0.15) is 0 Å². The number of aromatic nitrogens is 1. The molecule has 0 saturated carbocycles. The number of ketones is 1. The monoisotopic (exact) mass is 231 g/mol. The van der Waals surface area contributed by atoms with Crippen molar-refractivity contribution < 1.29 is 9.53 Å². The smallest absolute Gasteiger partial charge is 0.165 e. The van der Waals surface area contributed by atoms with E-state index in [1.807, 2.05) is 32.0 Å². The minimum Gasteiger partial charge on any atom is -0.496 e. The van der Waals surface area contributed by atoms with E-state index in [2.05, 4.69) is 4.98 Å². The van der Waals surface area contributed by atoms with Crippen molar-refractivity contribution in [2.75, 3.05) is 7.11 Å². The van der Waals surface area contributed by atoms with Crippen molar-refractivity contribution in [2.24, 2.45) is 5.92 Å². The summed E-state index contributed by atoms with van der Waals surface area (Å²) >= 11 is 0. The van der Waals surface area contributed by atoms with Gasteiger partial charge >= 0.3 is 0 Å². The van der Waals surface area contributed by atoms with Gasteiger partial charge in [-0.25, -0.2) is 0 Å². The molecule has 0 aliphatic carbocycles. The SMILES string of the molecule is COc1cccc2[nH]cc(C(=O)CC(C)C)c12. The summed E-state index contributed by atoms with van der Waals surface area (Å²) in [6.07, 6.45) is 2.34. The molecule has 0 saturated heterocycles. The van der Waals surface area contributed by atoms with E-state index < -0.39 is 0 Å². The number of Topliss-reactive ketones (excluding diaryl/α,β-unsaturated/α-hetero) is 1. The molecule has 0 spiro atoms. The highest BCUT2D eigenvalue weighted by Gasteiger charge is 2.16. The molecular weight excluding hydrogens is 214 g/mol. The van der Waals surface area contributed by atoms with Gasteiger partial charge in [0, 0.05) is 23.7 Å². The molecule has 1 aromatic heterocycles. The molecule has 90 valence electrons. The van der Waals surface area contributed by atoms with Crippen LogP contribution in [0.5, 0.6) is 5.75 Å². The van der Waals surface area contributed by atoms with Crippen molar-refractivity contribution in [2.45, 2.75) is 20.3 Å². The van der Waals surface area contributed by atoms with Crippen LogP contribution in [-0.2, 0) is 0 Å². The second-order valence-corrected chi connectivity index (χ2v) is 4.61. The Balaban J connectivity index is 2.51. The van der Waals surface area contributed by atoms with Crippen molar-refractivity contribution in [3.8, 4) is 5.75 Å². The predicted octanol–water partition coefficient (Wildman–Crippen LogP) is 3.41. The van der Waals surface area contributed by atoms with Crippen LogP contribution < -0.4 is 4.74 Å². The summed E-state index contributed by atoms with van der Waals surface area (Å²) in [7, 11) is 1.62. The molecule has 1 N–H and O–H groups in total. The highest BCUT2D eigenvalue weighted by atomic mass is 16.5. The van der Waals surface area contributed by atoms with E-state index >= 15 is 0 Å². The van der Waals surface area contributed by atoms with E-state index in [0.29, 0.717) is 12.3 Å². The number of hydrogen-bond donors (Lipinski definition) is 1. The van der Waals surface area contributed by atoms with Gasteiger partial charge in [0.15, 0.2) is 5.78 Å². The van der Waals surface area contributed by atoms with E-state index in [1.54, 1.807) is 13.3 Å². The molecule has 17 heavy (non-hydrogen) atoms. The number of hydrogen-bond acceptors (Lipinski definition) is 2. The van der Waals surface area contributed by atoms with E-state index in [0.717, 1.165) is 22.2 Å². The minimum absolute atomic E-state index is 0.163. The molecule has 0 amide bonds. The molecular formula is C14H17NO2. The summed E-state index contributed by atoms with van der Waals surface area (Å²) in [6, 6.07) is 5.74. The van der Waals surface area contributed by atoms with Gasteiger partial charge in [-0.3, -0.25) is 4.79 Å². The molecule has 0 aliphatic rings. The van der Waals surface area contributed by atoms with E-state index in [1.165, 1.54) is 0 Å². The average Bonchev–Trinajstić information content (AvgIpc) is 2.71. The number of benzene rings is 1. The number of H-pyrrole nitrogens is 1. The van der Waals surface area contributed by atoms with Gasteiger partial charge in [-0.1, -0.05) is 19.9 Å². The number of carbonyl (C=O) groups is 1. The van der Waals surface area contributed by atoms with Gasteiger partial charge in [-0.05, 0) is 18.1 Å². The first-order valence-electron chi connectivity index (χ1n) is 5.80. The molecule has 0 bridgehead atoms. The molecule has 3 heteroatoms. The summed E-state index contributed by atoms with van der Waals surface area (Å²) in [6.45, 7) is 4.09. The first kappa shape index (κ1) is 11.7. The fraction of sp³-hybridized carbons (Fsp3) is 0.357. The largest absolute Gasteiger partial charge is 0.496 e. The van der Waals surface area contributed by atoms with Crippen LogP contribution in [0.2, 0.25) is 0 Å². The molecule has 3 nitrogen and oxygen atoms in total. The van der Waals surface area contributed by atoms with Gasteiger partial charge in [0.2, 0.25) is 0 Å². The summed E-state index contributed by atoms with van der Waals surface area (Å²) in [5, 5.41) is 0.889. The normalized spacial score (nSPS) is 11.1. The third kappa shape index (κ3) is 2.18. The number of aromatic amines is 1. The Morgan fingerprint density at radius 1 is 1.41 bits per heavy atom. The van der Waals surface area contributed by atoms with E-state index in [-0.39, 0.29) is 5.78 Å². The quantitative estimate of drug-likeness (QED) is 0.819. The molecule has 0 atom stereocenters. The van der Waals surface area contributed by atoms with Gasteiger partial charge in [0.25, 0.3) is 0 Å². The molecule has 0 aliphatic heterocycles. The lowest BCUT2D eigenvalue weighted by Gasteiger charge is -2.05. The van der Waals surface area contributed by atoms with Crippen LogP contribution in [0.4, 0.5) is 0 Å². The van der Waals surface area contributed by atoms with Crippen molar-refractivity contribution in [3.05, 3.63) is 30.0 Å². The zero-order valence-corrected chi connectivity index (χ0v) is 10.4. The van der Waals surface area contributed by atoms with Crippen molar-refractivity contribution in [1.29, 1.82) is 0 Å². The molecule has 1 aromatic carbocycles. The Hall–Kier alpha value is -1.77. The lowest BCUT2D eigenvalue weighted by Crippen LogP contribution is -2.03. The van der Waals surface area contributed by atoms with Crippen molar-refractivity contribution in [1.82, 2.24) is 4.98 Å². The number of ether oxygens (including phenoxy) is 1. The zero-order valence-electron chi connectivity index (χ0n) is 10.4. The maximum Gasteiger partial charge on any atom is 0.165 e. The number of nitrogens with one attached hydrogen (secondary N) is 1. The lowest BCUT2D eigenvalue weighted by atomic mass is 10.0. The topological polar surface area (TPSA) is 42.1 Å². The lowest BCUT2D eigenvalue weighted by molar-refractivity contribution is 0.0969. The minimum atomic E-state index is 0.163. The summed E-state index contributed by atoms with van der Waals surface area (Å²) in [5.41, 5.74) is 1.67. The molecule has 0 unspecified atom stereocenters. The van der Waals surface area contributed by atoms with Crippen LogP contribution in [0.3, 0.4) is 0 Å². The zero-order chi connectivity index (χ0) is 12.4. The first-order chi connectivity index (χ1) is 8.13. The van der Waals surface area contributed by atoms with Crippen LogP contribution in [0.1, 0.15) is 30.6 Å². The fourth-order valence-electron chi connectivity index (χ4n) is 2.02. The van der Waals surface area contributed by atoms with Crippen LogP contribution in [0.15, 0.2) is 24.4 Å². The van der Waals surface area contributed by atoms with E-state index in [4.69, 9.17) is 4.74 Å². The molecule has 0 fully saturated rings. The Morgan fingerprint density at radius 3 is 2.82 bits per heavy atom. The summed E-state index contributed by atoms with van der Waals surface area (Å²) in [5.74, 6) is 1.27. The molecule has 2 rings (SSSR count). The standard InChI is InChI=1S/C14H17NO2/c1-9(2)7-12(16)10-8-15-11-5-4-6-13(17-3)14(10)11/h4-6,8-9,15H,7H2,1-3H3. The first-order valence-corrected chi connectivity index (χ1v) is 5.80. The third-order valence-corrected chi connectivity index (χ3v) is 2.78. The average molecular weight is 231 g/mol. The Kier molecular flexibility index (Phi) is 3.18. The van der Waals surface area contributed by atoms with Gasteiger partial charge in [0.05, 0.1) is 12.5 Å². The number of rotatable bonds is 4. The maximum atomic E-state index is 12.1. The summed E-state index contributed by atoms with van der Waals surface area (Å²) in [4.78, 5) is 15.2. The van der Waals surface area contributed by atoms with E-state index in [9.17, 15) is 4.79 Å². The van der Waals surface area contributed by atoms with Gasteiger partial charge < -0.3 is 9.72 Å². The van der Waals surface area contributed by atoms with Crippen LogP contribution >= 0.6 is 0 Å². The third-order valence-electron chi connectivity index (χ3n) is 2.78. The highest BCUT2D eigenvalue weighted by Crippen LogP contribution is 2.29. The second-order valence-electron chi connectivity index (χ2n) is 4.61. The number of carbonyl (C=O) groups excluding carboxylic acids is 1. The Labute approximate surface area is 101 Å². The van der Waals surface area contributed by atoms with Gasteiger partial charge in [-0.15, -0.1) is 0 Å². The van der Waals surface area contributed by atoms with Crippen molar-refractivity contribution in [3.63, 3.8) is 0 Å². The summed E-state index contributed by atoms with van der Waals surface area (Å²) < 4.78 is 5.31. The number of fused-ring (bicyclic) bond motifs is 1. The van der Waals surface area contributed by atoms with Gasteiger partial charge in [0.1, 0.15) is 5.75 Å². The molecule has 1 heterocycles. The predicted molar refractivity (Wildman–Crippen MR) is 68.6 cm³/mol. The van der Waals surface area contributed by atoms with Crippen LogP contribution in [0.25, 0.3) is 10.9 Å². The Morgan fingerprint density at radius 2 is 2.18 bits per heavy atom. The van der Waals surface area contributed by atoms with Crippen LogP contribution in [0, 0.1) is 5.92 Å². The number of methoxy groups -OCH3 is 1. The second kappa shape index (κ2) is 4.62. The maximum absolute atomic E-state index is 12.1. The highest BCUT2D eigenvalue weighted by molar-refractivity contribution is 6.10. The molecule has 0 radical (unpaired) electrons. The molecule has 2 aromatic rings. The Bertz CT molecular complexity index is 540. The fourth-order valence-corrected chi connectivity index (χ4v) is 2.02. The van der Waals surface area contributed by atoms with Crippen molar-refractivity contribution >= 4 is 16.7 Å². The van der Waals surface area contributed by atoms with Crippen LogP contribution in [-0.4, -0.2) is 17.9 Å².